The van der Waals surface area contributed by atoms with Crippen molar-refractivity contribution in [3.63, 3.8) is 0 Å². The Morgan fingerprint density at radius 1 is 1.11 bits per heavy atom. The molecular weight excluding hydrogens is 286 g/mol. The van der Waals surface area contributed by atoms with Crippen molar-refractivity contribution in [2.75, 3.05) is 7.11 Å². The Morgan fingerprint density at radius 3 is 2.37 bits per heavy atom. The Morgan fingerprint density at radius 2 is 1.79 bits per heavy atom. The lowest BCUT2D eigenvalue weighted by atomic mass is 9.99. The number of halogens is 3. The SMILES string of the molecule is COc1ccc(C(Cl)c2ccc(F)cc2Cl)c(C)c1. The summed E-state index contributed by atoms with van der Waals surface area (Å²) in [6, 6.07) is 9.88. The molecule has 1 unspecified atom stereocenters. The van der Waals surface area contributed by atoms with E-state index in [1.807, 2.05) is 25.1 Å². The van der Waals surface area contributed by atoms with Crippen LogP contribution in [0.2, 0.25) is 5.02 Å². The summed E-state index contributed by atoms with van der Waals surface area (Å²) < 4.78 is 18.2. The highest BCUT2D eigenvalue weighted by Crippen LogP contribution is 2.36. The average molecular weight is 299 g/mol. The molecule has 0 saturated heterocycles. The molecule has 1 atom stereocenters. The van der Waals surface area contributed by atoms with Crippen molar-refractivity contribution in [1.29, 1.82) is 0 Å². The highest BCUT2D eigenvalue weighted by molar-refractivity contribution is 6.33. The lowest BCUT2D eigenvalue weighted by molar-refractivity contribution is 0.414. The zero-order valence-electron chi connectivity index (χ0n) is 10.6. The van der Waals surface area contributed by atoms with Crippen LogP contribution in [0.25, 0.3) is 0 Å². The van der Waals surface area contributed by atoms with Gasteiger partial charge in [-0.1, -0.05) is 23.7 Å². The smallest absolute Gasteiger partial charge is 0.124 e. The number of benzene rings is 2. The molecule has 1 nitrogen and oxygen atoms in total. The Kier molecular flexibility index (Phi) is 4.33. The van der Waals surface area contributed by atoms with Gasteiger partial charge in [0.2, 0.25) is 0 Å². The van der Waals surface area contributed by atoms with E-state index in [2.05, 4.69) is 0 Å². The van der Waals surface area contributed by atoms with Gasteiger partial charge in [-0.25, -0.2) is 4.39 Å². The van der Waals surface area contributed by atoms with Gasteiger partial charge >= 0.3 is 0 Å². The minimum absolute atomic E-state index is 0.329. The standard InChI is InChI=1S/C15H13Cl2FO/c1-9-7-11(19-2)4-6-12(9)15(17)13-5-3-10(18)8-14(13)16/h3-8,15H,1-2H3. The van der Waals surface area contributed by atoms with Crippen LogP contribution in [-0.4, -0.2) is 7.11 Å². The molecule has 0 amide bonds. The van der Waals surface area contributed by atoms with Gasteiger partial charge in [-0.2, -0.15) is 0 Å². The average Bonchev–Trinajstić information content (AvgIpc) is 2.37. The number of hydrogen-bond donors (Lipinski definition) is 0. The van der Waals surface area contributed by atoms with Gasteiger partial charge in [-0.05, 0) is 47.9 Å². The lowest BCUT2D eigenvalue weighted by Gasteiger charge is -2.15. The maximum atomic E-state index is 13.0. The summed E-state index contributed by atoms with van der Waals surface area (Å²) in [5, 5.41) is -0.0887. The number of ether oxygens (including phenoxy) is 1. The van der Waals surface area contributed by atoms with Gasteiger partial charge in [0.05, 0.1) is 12.5 Å². The summed E-state index contributed by atoms with van der Waals surface area (Å²) in [6.07, 6.45) is 0. The fourth-order valence-electron chi connectivity index (χ4n) is 1.93. The third-order valence-electron chi connectivity index (χ3n) is 2.99. The van der Waals surface area contributed by atoms with Crippen LogP contribution in [0, 0.1) is 12.7 Å². The molecule has 19 heavy (non-hydrogen) atoms. The Balaban J connectivity index is 2.41. The predicted octanol–water partition coefficient (Wildman–Crippen LogP) is 5.12. The van der Waals surface area contributed by atoms with E-state index in [1.54, 1.807) is 13.2 Å². The van der Waals surface area contributed by atoms with Crippen molar-refractivity contribution >= 4 is 23.2 Å². The van der Waals surface area contributed by atoms with E-state index in [9.17, 15) is 4.39 Å². The minimum Gasteiger partial charge on any atom is -0.497 e. The Hall–Kier alpha value is -1.25. The van der Waals surface area contributed by atoms with E-state index in [-0.39, 0.29) is 5.82 Å². The van der Waals surface area contributed by atoms with Crippen molar-refractivity contribution in [1.82, 2.24) is 0 Å². The van der Waals surface area contributed by atoms with E-state index in [4.69, 9.17) is 27.9 Å². The molecule has 0 saturated carbocycles. The molecule has 0 aliphatic heterocycles. The number of hydrogen-bond acceptors (Lipinski definition) is 1. The fourth-order valence-corrected chi connectivity index (χ4v) is 2.70. The van der Waals surface area contributed by atoms with Crippen LogP contribution in [0.4, 0.5) is 4.39 Å². The van der Waals surface area contributed by atoms with Crippen LogP contribution in [0.5, 0.6) is 5.75 Å². The highest BCUT2D eigenvalue weighted by atomic mass is 35.5. The van der Waals surface area contributed by atoms with Crippen LogP contribution in [0.1, 0.15) is 22.1 Å². The molecule has 4 heteroatoms. The summed E-state index contributed by atoms with van der Waals surface area (Å²) >= 11 is 12.5. The summed E-state index contributed by atoms with van der Waals surface area (Å²) in [7, 11) is 1.61. The molecule has 0 fully saturated rings. The van der Waals surface area contributed by atoms with Crippen LogP contribution in [0.15, 0.2) is 36.4 Å². The second-order valence-electron chi connectivity index (χ2n) is 4.25. The van der Waals surface area contributed by atoms with E-state index < -0.39 is 5.38 Å². The number of methoxy groups -OCH3 is 1. The molecule has 0 N–H and O–H groups in total. The molecular formula is C15H13Cl2FO. The molecule has 0 heterocycles. The van der Waals surface area contributed by atoms with Crippen molar-refractivity contribution in [2.45, 2.75) is 12.3 Å². The monoisotopic (exact) mass is 298 g/mol. The van der Waals surface area contributed by atoms with Gasteiger partial charge in [-0.15, -0.1) is 11.6 Å². The summed E-state index contributed by atoms with van der Waals surface area (Å²) in [4.78, 5) is 0. The third kappa shape index (κ3) is 3.02. The van der Waals surface area contributed by atoms with Crippen molar-refractivity contribution in [3.8, 4) is 5.75 Å². The van der Waals surface area contributed by atoms with E-state index in [1.165, 1.54) is 12.1 Å². The van der Waals surface area contributed by atoms with E-state index in [0.717, 1.165) is 16.9 Å². The van der Waals surface area contributed by atoms with Crippen molar-refractivity contribution < 1.29 is 9.13 Å². The van der Waals surface area contributed by atoms with Gasteiger partial charge in [0, 0.05) is 5.02 Å². The Labute approximate surface area is 121 Å². The minimum atomic E-state index is -0.418. The molecule has 2 aromatic carbocycles. The summed E-state index contributed by atoms with van der Waals surface area (Å²) in [5.74, 6) is 0.402. The van der Waals surface area contributed by atoms with Crippen LogP contribution >= 0.6 is 23.2 Å². The molecule has 100 valence electrons. The van der Waals surface area contributed by atoms with Crippen LogP contribution in [-0.2, 0) is 0 Å². The van der Waals surface area contributed by atoms with Gasteiger partial charge in [-0.3, -0.25) is 0 Å². The second kappa shape index (κ2) is 5.81. The molecule has 0 bridgehead atoms. The molecule has 0 spiro atoms. The third-order valence-corrected chi connectivity index (χ3v) is 3.78. The topological polar surface area (TPSA) is 9.23 Å². The predicted molar refractivity (Wildman–Crippen MR) is 76.8 cm³/mol. The summed E-state index contributed by atoms with van der Waals surface area (Å²) in [6.45, 7) is 1.95. The van der Waals surface area contributed by atoms with Crippen molar-refractivity contribution in [3.05, 3.63) is 63.9 Å². The first-order chi connectivity index (χ1) is 9.02. The molecule has 0 aliphatic carbocycles. The van der Waals surface area contributed by atoms with Crippen molar-refractivity contribution in [2.24, 2.45) is 0 Å². The van der Waals surface area contributed by atoms with E-state index in [0.29, 0.717) is 10.6 Å². The largest absolute Gasteiger partial charge is 0.497 e. The normalized spacial score (nSPS) is 12.3. The number of rotatable bonds is 3. The van der Waals surface area contributed by atoms with Gasteiger partial charge in [0.1, 0.15) is 11.6 Å². The molecule has 0 radical (unpaired) electrons. The Bertz CT molecular complexity index is 599. The quantitative estimate of drug-likeness (QED) is 0.714. The number of aryl methyl sites for hydroxylation is 1. The molecule has 0 aromatic heterocycles. The second-order valence-corrected chi connectivity index (χ2v) is 5.09. The number of alkyl halides is 1. The van der Waals surface area contributed by atoms with Gasteiger partial charge < -0.3 is 4.74 Å². The van der Waals surface area contributed by atoms with Gasteiger partial charge in [0.15, 0.2) is 0 Å². The zero-order chi connectivity index (χ0) is 14.0. The van der Waals surface area contributed by atoms with Crippen LogP contribution in [0.3, 0.4) is 0 Å². The van der Waals surface area contributed by atoms with Gasteiger partial charge in [0.25, 0.3) is 0 Å². The highest BCUT2D eigenvalue weighted by Gasteiger charge is 2.17. The molecule has 2 aromatic rings. The maximum absolute atomic E-state index is 13.0. The lowest BCUT2D eigenvalue weighted by Crippen LogP contribution is -1.98. The first kappa shape index (κ1) is 14.2. The van der Waals surface area contributed by atoms with E-state index >= 15 is 0 Å². The zero-order valence-corrected chi connectivity index (χ0v) is 12.1. The summed E-state index contributed by atoms with van der Waals surface area (Å²) in [5.41, 5.74) is 2.62. The fraction of sp³-hybridized carbons (Fsp3) is 0.200. The van der Waals surface area contributed by atoms with Crippen LogP contribution < -0.4 is 4.74 Å². The molecule has 0 aliphatic rings. The first-order valence-electron chi connectivity index (χ1n) is 5.76. The first-order valence-corrected chi connectivity index (χ1v) is 6.58. The molecule has 2 rings (SSSR count). The maximum Gasteiger partial charge on any atom is 0.124 e.